The van der Waals surface area contributed by atoms with E-state index in [1.807, 2.05) is 5.32 Å². The Bertz CT molecular complexity index is 594. The van der Waals surface area contributed by atoms with Crippen molar-refractivity contribution in [3.05, 3.63) is 29.8 Å². The number of hydrogen-bond acceptors (Lipinski definition) is 5. The smallest absolute Gasteiger partial charge is 0.326 e. The van der Waals surface area contributed by atoms with Crippen LogP contribution in [0.25, 0.3) is 6.08 Å². The van der Waals surface area contributed by atoms with Crippen LogP contribution < -0.4 is 5.32 Å². The molecule has 1 amide bonds. The van der Waals surface area contributed by atoms with Crippen molar-refractivity contribution >= 4 is 23.9 Å². The third-order valence-electron chi connectivity index (χ3n) is 2.42. The quantitative estimate of drug-likeness (QED) is 0.371. The predicted octanol–water partition coefficient (Wildman–Crippen LogP) is 0.155. The number of carboxylic acids is 2. The SMILES string of the molecule is O=C(O)C[C@@H](NC(=O)/C=C/c1ccc(O)c(O)c1)C(=O)O. The number of carbonyl (C=O) groups is 3. The molecule has 112 valence electrons. The highest BCUT2D eigenvalue weighted by atomic mass is 16.4. The number of amides is 1. The van der Waals surface area contributed by atoms with E-state index in [0.717, 1.165) is 6.08 Å². The second-order valence-electron chi connectivity index (χ2n) is 4.08. The number of rotatable bonds is 6. The van der Waals surface area contributed by atoms with Gasteiger partial charge in [0.15, 0.2) is 11.5 Å². The summed E-state index contributed by atoms with van der Waals surface area (Å²) in [5.74, 6) is -4.29. The zero-order valence-electron chi connectivity index (χ0n) is 10.7. The summed E-state index contributed by atoms with van der Waals surface area (Å²) in [5.41, 5.74) is 0.394. The molecule has 0 aliphatic carbocycles. The van der Waals surface area contributed by atoms with E-state index in [-0.39, 0.29) is 11.5 Å². The number of phenols is 2. The average molecular weight is 295 g/mol. The molecule has 8 heteroatoms. The zero-order valence-corrected chi connectivity index (χ0v) is 10.7. The van der Waals surface area contributed by atoms with Gasteiger partial charge in [-0.3, -0.25) is 9.59 Å². The lowest BCUT2D eigenvalue weighted by Gasteiger charge is -2.10. The van der Waals surface area contributed by atoms with Gasteiger partial charge >= 0.3 is 11.9 Å². The van der Waals surface area contributed by atoms with Crippen molar-refractivity contribution in [3.8, 4) is 11.5 Å². The van der Waals surface area contributed by atoms with Gasteiger partial charge in [-0.2, -0.15) is 0 Å². The second kappa shape index (κ2) is 6.94. The van der Waals surface area contributed by atoms with Gasteiger partial charge in [0.25, 0.3) is 0 Å². The predicted molar refractivity (Wildman–Crippen MR) is 70.6 cm³/mol. The van der Waals surface area contributed by atoms with E-state index in [2.05, 4.69) is 0 Å². The molecule has 0 aliphatic rings. The van der Waals surface area contributed by atoms with Crippen LogP contribution in [0.3, 0.4) is 0 Å². The largest absolute Gasteiger partial charge is 0.504 e. The van der Waals surface area contributed by atoms with Crippen LogP contribution in [0, 0.1) is 0 Å². The summed E-state index contributed by atoms with van der Waals surface area (Å²) in [7, 11) is 0. The zero-order chi connectivity index (χ0) is 16.0. The molecule has 1 atom stereocenters. The molecule has 0 saturated carbocycles. The average Bonchev–Trinajstić information content (AvgIpc) is 2.38. The molecule has 0 fully saturated rings. The molecule has 0 aromatic heterocycles. The van der Waals surface area contributed by atoms with Crippen molar-refractivity contribution in [1.82, 2.24) is 5.32 Å². The molecular formula is C13H13NO7. The van der Waals surface area contributed by atoms with Crippen LogP contribution in [0.1, 0.15) is 12.0 Å². The monoisotopic (exact) mass is 295 g/mol. The Morgan fingerprint density at radius 3 is 2.33 bits per heavy atom. The molecular weight excluding hydrogens is 282 g/mol. The second-order valence-corrected chi connectivity index (χ2v) is 4.08. The van der Waals surface area contributed by atoms with Gasteiger partial charge in [0, 0.05) is 6.08 Å². The van der Waals surface area contributed by atoms with Crippen molar-refractivity contribution in [1.29, 1.82) is 0 Å². The van der Waals surface area contributed by atoms with Crippen LogP contribution in [0.15, 0.2) is 24.3 Å². The highest BCUT2D eigenvalue weighted by molar-refractivity contribution is 5.95. The number of nitrogens with one attached hydrogen (secondary N) is 1. The molecule has 0 unspecified atom stereocenters. The van der Waals surface area contributed by atoms with E-state index in [4.69, 9.17) is 15.3 Å². The van der Waals surface area contributed by atoms with Gasteiger partial charge in [-0.05, 0) is 23.8 Å². The molecule has 0 aliphatic heterocycles. The summed E-state index contributed by atoms with van der Waals surface area (Å²) in [5, 5.41) is 37.7. The summed E-state index contributed by atoms with van der Waals surface area (Å²) in [4.78, 5) is 32.7. The van der Waals surface area contributed by atoms with Crippen LogP contribution >= 0.6 is 0 Å². The first-order valence-corrected chi connectivity index (χ1v) is 5.74. The van der Waals surface area contributed by atoms with Crippen molar-refractivity contribution in [2.45, 2.75) is 12.5 Å². The summed E-state index contributed by atoms with van der Waals surface area (Å²) in [6, 6.07) is 2.31. The Morgan fingerprint density at radius 1 is 1.14 bits per heavy atom. The van der Waals surface area contributed by atoms with Gasteiger partial charge in [-0.15, -0.1) is 0 Å². The first-order chi connectivity index (χ1) is 9.79. The fourth-order valence-corrected chi connectivity index (χ4v) is 1.41. The van der Waals surface area contributed by atoms with E-state index in [9.17, 15) is 19.5 Å². The summed E-state index contributed by atoms with van der Waals surface area (Å²) >= 11 is 0. The number of aliphatic carboxylic acids is 2. The van der Waals surface area contributed by atoms with Gasteiger partial charge in [0.2, 0.25) is 5.91 Å². The lowest BCUT2D eigenvalue weighted by atomic mass is 10.1. The van der Waals surface area contributed by atoms with Crippen LogP contribution in [-0.4, -0.2) is 44.3 Å². The summed E-state index contributed by atoms with van der Waals surface area (Å²) in [6.45, 7) is 0. The van der Waals surface area contributed by atoms with Gasteiger partial charge in [-0.1, -0.05) is 6.07 Å². The first-order valence-electron chi connectivity index (χ1n) is 5.74. The Balaban J connectivity index is 2.70. The molecule has 0 spiro atoms. The number of phenolic OH excluding ortho intramolecular Hbond substituents is 2. The normalized spacial score (nSPS) is 12.0. The highest BCUT2D eigenvalue weighted by Gasteiger charge is 2.21. The molecule has 0 bridgehead atoms. The standard InChI is InChI=1S/C13H13NO7/c15-9-3-1-7(5-10(9)16)2-4-11(17)14-8(13(20)21)6-12(18)19/h1-5,8,15-16H,6H2,(H,14,17)(H,18,19)(H,20,21)/b4-2+/t8-/m1/s1. The Labute approximate surface area is 119 Å². The lowest BCUT2D eigenvalue weighted by Crippen LogP contribution is -2.41. The maximum atomic E-state index is 11.5. The molecule has 0 radical (unpaired) electrons. The lowest BCUT2D eigenvalue weighted by molar-refractivity contribution is -0.146. The van der Waals surface area contributed by atoms with Crippen molar-refractivity contribution in [2.24, 2.45) is 0 Å². The molecule has 8 nitrogen and oxygen atoms in total. The van der Waals surface area contributed by atoms with Crippen LogP contribution in [-0.2, 0) is 14.4 Å². The van der Waals surface area contributed by atoms with E-state index in [1.54, 1.807) is 0 Å². The maximum Gasteiger partial charge on any atom is 0.326 e. The van der Waals surface area contributed by atoms with E-state index in [1.165, 1.54) is 24.3 Å². The van der Waals surface area contributed by atoms with Crippen molar-refractivity contribution in [3.63, 3.8) is 0 Å². The fourth-order valence-electron chi connectivity index (χ4n) is 1.41. The number of benzene rings is 1. The van der Waals surface area contributed by atoms with Crippen LogP contribution in [0.4, 0.5) is 0 Å². The molecule has 21 heavy (non-hydrogen) atoms. The minimum atomic E-state index is -1.53. The number of aromatic hydroxyl groups is 2. The van der Waals surface area contributed by atoms with Crippen molar-refractivity contribution < 1.29 is 34.8 Å². The van der Waals surface area contributed by atoms with Crippen LogP contribution in [0.2, 0.25) is 0 Å². The topological polar surface area (TPSA) is 144 Å². The molecule has 5 N–H and O–H groups in total. The number of carbonyl (C=O) groups excluding carboxylic acids is 1. The minimum Gasteiger partial charge on any atom is -0.504 e. The van der Waals surface area contributed by atoms with Crippen LogP contribution in [0.5, 0.6) is 11.5 Å². The minimum absolute atomic E-state index is 0.316. The van der Waals surface area contributed by atoms with Crippen molar-refractivity contribution in [2.75, 3.05) is 0 Å². The van der Waals surface area contributed by atoms with E-state index >= 15 is 0 Å². The molecule has 1 aromatic carbocycles. The molecule has 0 saturated heterocycles. The Kier molecular flexibility index (Phi) is 5.30. The first kappa shape index (κ1) is 16.0. The van der Waals surface area contributed by atoms with Gasteiger partial charge < -0.3 is 25.7 Å². The third kappa shape index (κ3) is 5.23. The Morgan fingerprint density at radius 2 is 1.81 bits per heavy atom. The molecule has 1 aromatic rings. The third-order valence-corrected chi connectivity index (χ3v) is 2.42. The summed E-state index contributed by atoms with van der Waals surface area (Å²) in [6.07, 6.45) is 1.52. The number of carboxylic acid groups (broad SMARTS) is 2. The molecule has 0 heterocycles. The number of hydrogen-bond donors (Lipinski definition) is 5. The fraction of sp³-hybridized carbons (Fsp3) is 0.154. The maximum absolute atomic E-state index is 11.5. The molecule has 1 rings (SSSR count). The van der Waals surface area contributed by atoms with Gasteiger partial charge in [0.1, 0.15) is 6.04 Å². The Hall–Kier alpha value is -3.03. The van der Waals surface area contributed by atoms with Gasteiger partial charge in [-0.25, -0.2) is 4.79 Å². The summed E-state index contributed by atoms with van der Waals surface area (Å²) < 4.78 is 0. The van der Waals surface area contributed by atoms with E-state index in [0.29, 0.717) is 5.56 Å². The van der Waals surface area contributed by atoms with Gasteiger partial charge in [0.05, 0.1) is 6.42 Å². The highest BCUT2D eigenvalue weighted by Crippen LogP contribution is 2.25. The van der Waals surface area contributed by atoms with E-state index < -0.39 is 30.3 Å².